The molecule has 0 spiro atoms. The van der Waals surface area contributed by atoms with Gasteiger partial charge in [-0.2, -0.15) is 13.2 Å². The Morgan fingerprint density at radius 1 is 1.07 bits per heavy atom. The lowest BCUT2D eigenvalue weighted by atomic mass is 10.1. The lowest BCUT2D eigenvalue weighted by Gasteiger charge is -2.31. The third-order valence-corrected chi connectivity index (χ3v) is 6.93. The van der Waals surface area contributed by atoms with E-state index in [9.17, 15) is 26.4 Å². The van der Waals surface area contributed by atoms with E-state index in [0.29, 0.717) is 23.8 Å². The predicted molar refractivity (Wildman–Crippen MR) is 143 cm³/mol. The highest BCUT2D eigenvalue weighted by Crippen LogP contribution is 2.31. The summed E-state index contributed by atoms with van der Waals surface area (Å²) in [6, 6.07) is 9.59. The van der Waals surface area contributed by atoms with Crippen LogP contribution in [0.4, 0.5) is 24.5 Å². The normalized spacial score (nSPS) is 13.7. The van der Waals surface area contributed by atoms with Crippen molar-refractivity contribution < 1.29 is 45.8 Å². The van der Waals surface area contributed by atoms with Gasteiger partial charge in [0.25, 0.3) is 15.9 Å². The molecular formula is C25H33F3N4O7S. The minimum Gasteiger partial charge on any atom is -0.497 e. The number of nitrogens with one attached hydrogen (secondary N) is 3. The zero-order chi connectivity index (χ0) is 30.1. The fraction of sp³-hybridized carbons (Fsp3) is 0.440. The fourth-order valence-corrected chi connectivity index (χ4v) is 4.79. The van der Waals surface area contributed by atoms with E-state index in [1.165, 1.54) is 26.4 Å². The Labute approximate surface area is 230 Å². The van der Waals surface area contributed by atoms with Gasteiger partial charge in [-0.3, -0.25) is 9.52 Å². The summed E-state index contributed by atoms with van der Waals surface area (Å²) in [4.78, 5) is 24.0. The lowest BCUT2D eigenvalue weighted by Crippen LogP contribution is -2.44. The van der Waals surface area contributed by atoms with E-state index < -0.39 is 22.2 Å². The number of benzene rings is 2. The van der Waals surface area contributed by atoms with E-state index in [2.05, 4.69) is 20.3 Å². The Morgan fingerprint density at radius 2 is 1.70 bits per heavy atom. The molecule has 0 unspecified atom stereocenters. The molecule has 0 radical (unpaired) electrons. The number of carbonyl (C=O) groups excluding carboxylic acids is 1. The number of anilines is 2. The van der Waals surface area contributed by atoms with E-state index in [-0.39, 0.29) is 22.2 Å². The average Bonchev–Trinajstić information content (AvgIpc) is 2.91. The SMILES string of the molecule is COc1ccc(OC)c(S(=O)(=O)Nc2ccc(N3CCNCC3)c(C(=O)NCC(C)C)c2)c1.O=C(O)C(F)(F)F. The van der Waals surface area contributed by atoms with Crippen molar-refractivity contribution >= 4 is 33.3 Å². The number of methoxy groups -OCH3 is 2. The monoisotopic (exact) mass is 590 g/mol. The summed E-state index contributed by atoms with van der Waals surface area (Å²) in [7, 11) is -1.14. The average molecular weight is 591 g/mol. The van der Waals surface area contributed by atoms with Gasteiger partial charge in [0.1, 0.15) is 16.4 Å². The molecule has 4 N–H and O–H groups in total. The smallest absolute Gasteiger partial charge is 0.490 e. The van der Waals surface area contributed by atoms with Gasteiger partial charge >= 0.3 is 12.1 Å². The molecule has 1 fully saturated rings. The van der Waals surface area contributed by atoms with Crippen molar-refractivity contribution in [3.8, 4) is 11.5 Å². The van der Waals surface area contributed by atoms with Crippen LogP contribution in [0.5, 0.6) is 11.5 Å². The van der Waals surface area contributed by atoms with Crippen LogP contribution in [0.3, 0.4) is 0 Å². The maximum Gasteiger partial charge on any atom is 0.490 e. The van der Waals surface area contributed by atoms with Crippen molar-refractivity contribution in [2.45, 2.75) is 24.9 Å². The lowest BCUT2D eigenvalue weighted by molar-refractivity contribution is -0.192. The first-order chi connectivity index (χ1) is 18.7. The number of carbonyl (C=O) groups is 2. The Hall–Kier alpha value is -3.72. The van der Waals surface area contributed by atoms with E-state index in [4.69, 9.17) is 19.4 Å². The Balaban J connectivity index is 0.000000708. The number of sulfonamides is 1. The number of nitrogens with zero attached hydrogens (tertiary/aromatic N) is 1. The molecule has 1 aliphatic rings. The van der Waals surface area contributed by atoms with Crippen molar-refractivity contribution in [1.29, 1.82) is 0 Å². The van der Waals surface area contributed by atoms with Crippen LogP contribution < -0.4 is 29.7 Å². The van der Waals surface area contributed by atoms with Gasteiger partial charge in [-0.15, -0.1) is 0 Å². The number of alkyl halides is 3. The van der Waals surface area contributed by atoms with Crippen molar-refractivity contribution in [2.24, 2.45) is 5.92 Å². The van der Waals surface area contributed by atoms with Gasteiger partial charge in [0, 0.05) is 50.2 Å². The number of hydrogen-bond acceptors (Lipinski definition) is 8. The maximum absolute atomic E-state index is 13.2. The highest BCUT2D eigenvalue weighted by Gasteiger charge is 2.38. The van der Waals surface area contributed by atoms with Gasteiger partial charge in [0.05, 0.1) is 19.8 Å². The summed E-state index contributed by atoms with van der Waals surface area (Å²) in [5.74, 6) is -2.13. The molecule has 3 rings (SSSR count). The van der Waals surface area contributed by atoms with Crippen LogP contribution in [0.15, 0.2) is 41.3 Å². The molecule has 222 valence electrons. The van der Waals surface area contributed by atoms with Crippen LogP contribution >= 0.6 is 0 Å². The number of carboxylic acids is 1. The molecule has 0 aromatic heterocycles. The molecule has 1 saturated heterocycles. The summed E-state index contributed by atoms with van der Waals surface area (Å²) in [5.41, 5.74) is 1.49. The van der Waals surface area contributed by atoms with Gasteiger partial charge in [-0.1, -0.05) is 13.8 Å². The number of hydrogen-bond donors (Lipinski definition) is 4. The molecule has 0 aliphatic carbocycles. The molecular weight excluding hydrogens is 557 g/mol. The zero-order valence-corrected chi connectivity index (χ0v) is 23.3. The van der Waals surface area contributed by atoms with Gasteiger partial charge in [-0.25, -0.2) is 13.2 Å². The van der Waals surface area contributed by atoms with E-state index in [1.807, 2.05) is 13.8 Å². The third-order valence-electron chi connectivity index (χ3n) is 5.52. The Bertz CT molecular complexity index is 1280. The van der Waals surface area contributed by atoms with Gasteiger partial charge in [-0.05, 0) is 36.2 Å². The van der Waals surface area contributed by atoms with Crippen LogP contribution in [0.2, 0.25) is 0 Å². The van der Waals surface area contributed by atoms with Crippen LogP contribution in [0.25, 0.3) is 0 Å². The van der Waals surface area contributed by atoms with Crippen molar-refractivity contribution in [3.63, 3.8) is 0 Å². The highest BCUT2D eigenvalue weighted by atomic mass is 32.2. The van der Waals surface area contributed by atoms with Crippen molar-refractivity contribution in [3.05, 3.63) is 42.0 Å². The first-order valence-corrected chi connectivity index (χ1v) is 13.6. The van der Waals surface area contributed by atoms with Gasteiger partial charge in [0.15, 0.2) is 0 Å². The zero-order valence-electron chi connectivity index (χ0n) is 22.5. The quantitative estimate of drug-likeness (QED) is 0.346. The number of ether oxygens (including phenoxy) is 2. The minimum absolute atomic E-state index is 0.0543. The highest BCUT2D eigenvalue weighted by molar-refractivity contribution is 7.92. The Kier molecular flexibility index (Phi) is 11.4. The summed E-state index contributed by atoms with van der Waals surface area (Å²) < 4.78 is 71.0. The number of piperazine rings is 1. The Morgan fingerprint density at radius 3 is 2.23 bits per heavy atom. The fourth-order valence-electron chi connectivity index (χ4n) is 3.56. The molecule has 1 aliphatic heterocycles. The molecule has 0 atom stereocenters. The molecule has 0 saturated carbocycles. The molecule has 2 aromatic carbocycles. The molecule has 2 aromatic rings. The summed E-state index contributed by atoms with van der Waals surface area (Å²) in [5, 5.41) is 13.4. The minimum atomic E-state index is -5.08. The summed E-state index contributed by atoms with van der Waals surface area (Å²) >= 11 is 0. The van der Waals surface area contributed by atoms with Gasteiger partial charge in [0.2, 0.25) is 0 Å². The summed E-state index contributed by atoms with van der Waals surface area (Å²) in [6.07, 6.45) is -5.08. The van der Waals surface area contributed by atoms with Crippen LogP contribution in [-0.2, 0) is 14.8 Å². The van der Waals surface area contributed by atoms with Crippen LogP contribution in [0, 0.1) is 5.92 Å². The topological polar surface area (TPSA) is 146 Å². The van der Waals surface area contributed by atoms with E-state index in [0.717, 1.165) is 31.9 Å². The molecule has 15 heteroatoms. The second-order valence-corrected chi connectivity index (χ2v) is 10.6. The number of halogens is 3. The molecule has 40 heavy (non-hydrogen) atoms. The number of aliphatic carboxylic acids is 1. The number of amides is 1. The molecule has 0 bridgehead atoms. The number of rotatable bonds is 9. The first kappa shape index (κ1) is 32.5. The molecule has 1 amide bonds. The summed E-state index contributed by atoms with van der Waals surface area (Å²) in [6.45, 7) is 7.71. The first-order valence-electron chi connectivity index (χ1n) is 12.1. The van der Waals surface area contributed by atoms with Crippen LogP contribution in [0.1, 0.15) is 24.2 Å². The molecule has 1 heterocycles. The largest absolute Gasteiger partial charge is 0.497 e. The van der Waals surface area contributed by atoms with E-state index >= 15 is 0 Å². The van der Waals surface area contributed by atoms with Crippen molar-refractivity contribution in [1.82, 2.24) is 10.6 Å². The van der Waals surface area contributed by atoms with Crippen molar-refractivity contribution in [2.75, 3.05) is 56.6 Å². The maximum atomic E-state index is 13.2. The number of carboxylic acid groups (broad SMARTS) is 1. The second kappa shape index (κ2) is 14.1. The predicted octanol–water partition coefficient (Wildman–Crippen LogP) is 2.93. The standard InChI is InChI=1S/C23H32N4O5S.C2HF3O2/c1-16(2)15-25-23(28)19-13-17(5-7-20(19)27-11-9-24-10-12-27)26-33(29,30)22-14-18(31-3)6-8-21(22)32-4;3-2(4,5)1(6)7/h5-8,13-14,16,24,26H,9-12,15H2,1-4H3,(H,25,28);(H,6,7). The third kappa shape index (κ3) is 9.19. The van der Waals surface area contributed by atoms with E-state index in [1.54, 1.807) is 24.3 Å². The van der Waals surface area contributed by atoms with Gasteiger partial charge < -0.3 is 30.1 Å². The molecule has 11 nitrogen and oxygen atoms in total. The van der Waals surface area contributed by atoms with Crippen LogP contribution in [-0.4, -0.2) is 78.5 Å². The second-order valence-electron chi connectivity index (χ2n) is 9.00.